The highest BCUT2D eigenvalue weighted by molar-refractivity contribution is 6.08. The molecule has 2 aromatic heterocycles. The summed E-state index contributed by atoms with van der Waals surface area (Å²) in [5, 5.41) is 14.5. The van der Waals surface area contributed by atoms with Crippen molar-refractivity contribution in [3.8, 4) is 6.07 Å². The molecule has 26 heavy (non-hydrogen) atoms. The number of nitrogens with zero attached hydrogens (tertiary/aromatic N) is 4. The third-order valence-corrected chi connectivity index (χ3v) is 4.56. The highest BCUT2D eigenvalue weighted by Crippen LogP contribution is 2.27. The first-order chi connectivity index (χ1) is 12.4. The number of amides is 1. The summed E-state index contributed by atoms with van der Waals surface area (Å²) in [5.41, 5.74) is 2.46. The van der Waals surface area contributed by atoms with E-state index in [0.29, 0.717) is 11.5 Å². The molecule has 0 bridgehead atoms. The van der Waals surface area contributed by atoms with Crippen LogP contribution in [-0.2, 0) is 7.05 Å². The van der Waals surface area contributed by atoms with Crippen LogP contribution in [0.15, 0.2) is 36.7 Å². The molecule has 0 unspecified atom stereocenters. The summed E-state index contributed by atoms with van der Waals surface area (Å²) in [6, 6.07) is 9.98. The van der Waals surface area contributed by atoms with Crippen LogP contribution in [0.1, 0.15) is 43.2 Å². The van der Waals surface area contributed by atoms with Gasteiger partial charge in [-0.2, -0.15) is 10.4 Å². The van der Waals surface area contributed by atoms with Gasteiger partial charge in [0.25, 0.3) is 5.91 Å². The number of carbonyl (C=O) groups excluding carboxylic acids is 1. The number of nitrogens with one attached hydrogen (secondary N) is 1. The normalized spacial score (nSPS) is 12.3. The minimum atomic E-state index is -0.197. The number of rotatable bonds is 5. The molecule has 0 aliphatic heterocycles. The van der Waals surface area contributed by atoms with Crippen molar-refractivity contribution in [1.29, 1.82) is 5.26 Å². The molecule has 134 valence electrons. The number of hydrogen-bond acceptors (Lipinski definition) is 3. The van der Waals surface area contributed by atoms with Gasteiger partial charge in [0.05, 0.1) is 11.8 Å². The van der Waals surface area contributed by atoms with Gasteiger partial charge in [0.1, 0.15) is 6.07 Å². The van der Waals surface area contributed by atoms with Gasteiger partial charge in [0.15, 0.2) is 5.69 Å². The molecule has 1 amide bonds. The Morgan fingerprint density at radius 3 is 2.81 bits per heavy atom. The smallest absolute Gasteiger partial charge is 0.263 e. The molecule has 0 spiro atoms. The fraction of sp³-hybridized carbons (Fsp3) is 0.350. The maximum absolute atomic E-state index is 13.3. The van der Waals surface area contributed by atoms with Gasteiger partial charge in [0, 0.05) is 35.9 Å². The third kappa shape index (κ3) is 3.21. The van der Waals surface area contributed by atoms with Gasteiger partial charge < -0.3 is 9.88 Å². The quantitative estimate of drug-likeness (QED) is 0.760. The first kappa shape index (κ1) is 17.7. The number of anilines is 1. The fourth-order valence-corrected chi connectivity index (χ4v) is 3.41. The van der Waals surface area contributed by atoms with Crippen molar-refractivity contribution in [3.05, 3.63) is 47.9 Å². The second kappa shape index (κ2) is 7.04. The van der Waals surface area contributed by atoms with E-state index in [4.69, 9.17) is 0 Å². The van der Waals surface area contributed by atoms with Crippen molar-refractivity contribution in [1.82, 2.24) is 14.8 Å². The number of H-pyrrole nitrogens is 1. The number of aromatic nitrogens is 3. The van der Waals surface area contributed by atoms with Crippen LogP contribution < -0.4 is 4.90 Å². The van der Waals surface area contributed by atoms with Gasteiger partial charge >= 0.3 is 0 Å². The molecule has 0 fully saturated rings. The van der Waals surface area contributed by atoms with Crippen LogP contribution in [0.5, 0.6) is 0 Å². The molecule has 0 aliphatic rings. The van der Waals surface area contributed by atoms with Crippen molar-refractivity contribution in [2.75, 3.05) is 4.90 Å². The van der Waals surface area contributed by atoms with Crippen LogP contribution in [0.25, 0.3) is 10.9 Å². The average Bonchev–Trinajstić information content (AvgIpc) is 3.19. The molecule has 3 aromatic rings. The Kier molecular flexibility index (Phi) is 4.81. The van der Waals surface area contributed by atoms with Crippen LogP contribution in [-0.4, -0.2) is 26.7 Å². The topological polar surface area (TPSA) is 77.7 Å². The minimum absolute atomic E-state index is 0.00867. The van der Waals surface area contributed by atoms with Gasteiger partial charge in [-0.15, -0.1) is 0 Å². The third-order valence-electron chi connectivity index (χ3n) is 4.56. The van der Waals surface area contributed by atoms with Crippen molar-refractivity contribution in [2.45, 2.75) is 33.2 Å². The standard InChI is InChI=1S/C20H23N5O/c1-13(2)9-14(3)25(16-5-6-18-15(10-16)7-8-22-18)20(26)17-12-23-24(4)19(17)11-21/h5-8,10,12-14,22H,9H2,1-4H3/t14-/m0/s1. The lowest BCUT2D eigenvalue weighted by Crippen LogP contribution is -2.39. The van der Waals surface area contributed by atoms with Crippen molar-refractivity contribution < 1.29 is 4.79 Å². The van der Waals surface area contributed by atoms with E-state index in [1.807, 2.05) is 37.4 Å². The Hall–Kier alpha value is -3.07. The largest absolute Gasteiger partial charge is 0.361 e. The van der Waals surface area contributed by atoms with Gasteiger partial charge in [-0.05, 0) is 43.5 Å². The Balaban J connectivity index is 2.08. The van der Waals surface area contributed by atoms with Gasteiger partial charge in [-0.1, -0.05) is 13.8 Å². The molecular weight excluding hydrogens is 326 g/mol. The number of aryl methyl sites for hydroxylation is 1. The predicted octanol–water partition coefficient (Wildman–Crippen LogP) is 3.85. The molecule has 0 radical (unpaired) electrons. The zero-order chi connectivity index (χ0) is 18.8. The molecule has 1 N–H and O–H groups in total. The van der Waals surface area contributed by atoms with E-state index in [-0.39, 0.29) is 17.6 Å². The molecule has 0 saturated heterocycles. The molecular formula is C20H23N5O. The lowest BCUT2D eigenvalue weighted by Gasteiger charge is -2.30. The number of carbonyl (C=O) groups is 1. The highest BCUT2D eigenvalue weighted by atomic mass is 16.2. The van der Waals surface area contributed by atoms with Crippen molar-refractivity contribution in [3.63, 3.8) is 0 Å². The summed E-state index contributed by atoms with van der Waals surface area (Å²) in [4.78, 5) is 18.3. The molecule has 6 nitrogen and oxygen atoms in total. The Morgan fingerprint density at radius 1 is 1.35 bits per heavy atom. The Labute approximate surface area is 153 Å². The van der Waals surface area contributed by atoms with E-state index in [1.54, 1.807) is 11.9 Å². The second-order valence-electron chi connectivity index (χ2n) is 7.05. The minimum Gasteiger partial charge on any atom is -0.361 e. The zero-order valence-corrected chi connectivity index (χ0v) is 15.5. The van der Waals surface area contributed by atoms with E-state index in [2.05, 4.69) is 30.0 Å². The van der Waals surface area contributed by atoms with E-state index >= 15 is 0 Å². The van der Waals surface area contributed by atoms with Crippen LogP contribution in [0.2, 0.25) is 0 Å². The number of nitriles is 1. The van der Waals surface area contributed by atoms with Crippen LogP contribution in [0, 0.1) is 17.2 Å². The molecule has 0 saturated carbocycles. The predicted molar refractivity (Wildman–Crippen MR) is 102 cm³/mol. The van der Waals surface area contributed by atoms with E-state index in [0.717, 1.165) is 23.0 Å². The van der Waals surface area contributed by atoms with Crippen LogP contribution in [0.3, 0.4) is 0 Å². The molecule has 6 heteroatoms. The first-order valence-electron chi connectivity index (χ1n) is 8.75. The summed E-state index contributed by atoms with van der Waals surface area (Å²) >= 11 is 0. The lowest BCUT2D eigenvalue weighted by atomic mass is 10.0. The Bertz CT molecular complexity index is 976. The van der Waals surface area contributed by atoms with E-state index in [1.165, 1.54) is 10.9 Å². The monoisotopic (exact) mass is 349 g/mol. The molecule has 1 aromatic carbocycles. The van der Waals surface area contributed by atoms with Crippen molar-refractivity contribution in [2.24, 2.45) is 13.0 Å². The zero-order valence-electron chi connectivity index (χ0n) is 15.5. The summed E-state index contributed by atoms with van der Waals surface area (Å²) in [5.74, 6) is 0.248. The Morgan fingerprint density at radius 2 is 2.12 bits per heavy atom. The number of hydrogen-bond donors (Lipinski definition) is 1. The van der Waals surface area contributed by atoms with Crippen LogP contribution in [0.4, 0.5) is 5.69 Å². The average molecular weight is 349 g/mol. The van der Waals surface area contributed by atoms with Gasteiger partial charge in [-0.25, -0.2) is 0 Å². The molecule has 0 aliphatic carbocycles. The van der Waals surface area contributed by atoms with Gasteiger partial charge in [-0.3, -0.25) is 9.48 Å². The first-order valence-corrected chi connectivity index (χ1v) is 8.75. The summed E-state index contributed by atoms with van der Waals surface area (Å²) in [6.07, 6.45) is 4.22. The van der Waals surface area contributed by atoms with Crippen LogP contribution >= 0.6 is 0 Å². The molecule has 2 heterocycles. The highest BCUT2D eigenvalue weighted by Gasteiger charge is 2.28. The molecule has 3 rings (SSSR count). The summed E-state index contributed by atoms with van der Waals surface area (Å²) < 4.78 is 1.44. The maximum atomic E-state index is 13.3. The fourth-order valence-electron chi connectivity index (χ4n) is 3.41. The number of fused-ring (bicyclic) bond motifs is 1. The van der Waals surface area contributed by atoms with Gasteiger partial charge in [0.2, 0.25) is 0 Å². The SMILES string of the molecule is CC(C)C[C@H](C)N(C(=O)c1cnn(C)c1C#N)c1ccc2[nH]ccc2c1. The number of aromatic amines is 1. The van der Waals surface area contributed by atoms with Crippen molar-refractivity contribution >= 4 is 22.5 Å². The number of benzene rings is 1. The second-order valence-corrected chi connectivity index (χ2v) is 7.05. The van der Waals surface area contributed by atoms with E-state index in [9.17, 15) is 10.1 Å². The lowest BCUT2D eigenvalue weighted by molar-refractivity contribution is 0.0975. The van der Waals surface area contributed by atoms with E-state index < -0.39 is 0 Å². The summed E-state index contributed by atoms with van der Waals surface area (Å²) in [6.45, 7) is 6.32. The molecule has 1 atom stereocenters. The maximum Gasteiger partial charge on any atom is 0.263 e. The summed E-state index contributed by atoms with van der Waals surface area (Å²) in [7, 11) is 1.67.